The summed E-state index contributed by atoms with van der Waals surface area (Å²) in [6.07, 6.45) is 15.8. The van der Waals surface area contributed by atoms with Crippen LogP contribution in [0.3, 0.4) is 0 Å². The van der Waals surface area contributed by atoms with Gasteiger partial charge < -0.3 is 5.11 Å². The van der Waals surface area contributed by atoms with E-state index >= 15 is 0 Å². The molecular weight excluding hydrogens is 476 g/mol. The lowest BCUT2D eigenvalue weighted by atomic mass is 9.77. The Labute approximate surface area is 236 Å². The smallest absolute Gasteiger partial charge is 0.306 e. The minimum Gasteiger partial charge on any atom is -0.481 e. The summed E-state index contributed by atoms with van der Waals surface area (Å²) in [5, 5.41) is 9.28. The predicted octanol–water partition coefficient (Wildman–Crippen LogP) is 10.7. The molecule has 2 nitrogen and oxygen atoms in total. The van der Waals surface area contributed by atoms with Crippen molar-refractivity contribution >= 4 is 5.97 Å². The van der Waals surface area contributed by atoms with E-state index in [9.17, 15) is 9.90 Å². The van der Waals surface area contributed by atoms with E-state index in [4.69, 9.17) is 0 Å². The monoisotopic (exact) mass is 524 g/mol. The highest BCUT2D eigenvalue weighted by atomic mass is 16.4. The standard InChI is InChI=1S/C37H48O2/c1-3-5-6-7-11-28-16-20-31(21-17-28)32-24-26-34(27-25-32)36-15-9-8-14-35(36)33-22-18-29(19-23-33)12-10-13-30(4-2)37(38)39/h8-9,14-15,18-19,22-28,30-31H,3-7,10-13,16-17,20-21H2,1-2H3,(H,38,39). The third-order valence-electron chi connectivity index (χ3n) is 9.06. The van der Waals surface area contributed by atoms with E-state index in [1.54, 1.807) is 0 Å². The van der Waals surface area contributed by atoms with Crippen LogP contribution in [-0.4, -0.2) is 11.1 Å². The van der Waals surface area contributed by atoms with Gasteiger partial charge >= 0.3 is 5.97 Å². The molecule has 0 amide bonds. The molecule has 0 heterocycles. The lowest BCUT2D eigenvalue weighted by molar-refractivity contribution is -0.142. The number of carbonyl (C=O) groups is 1. The number of carboxylic acids is 1. The molecule has 3 aromatic carbocycles. The Morgan fingerprint density at radius 3 is 1.95 bits per heavy atom. The van der Waals surface area contributed by atoms with Crippen LogP contribution in [-0.2, 0) is 11.2 Å². The van der Waals surface area contributed by atoms with E-state index in [0.717, 1.165) is 31.1 Å². The molecule has 1 N–H and O–H groups in total. The first-order valence-electron chi connectivity index (χ1n) is 15.6. The second kappa shape index (κ2) is 15.1. The van der Waals surface area contributed by atoms with Crippen LogP contribution in [0.5, 0.6) is 0 Å². The summed E-state index contributed by atoms with van der Waals surface area (Å²) >= 11 is 0. The summed E-state index contributed by atoms with van der Waals surface area (Å²) in [4.78, 5) is 11.3. The van der Waals surface area contributed by atoms with Gasteiger partial charge in [0.1, 0.15) is 0 Å². The summed E-state index contributed by atoms with van der Waals surface area (Å²) in [5.41, 5.74) is 7.84. The van der Waals surface area contributed by atoms with Gasteiger partial charge in [-0.05, 0) is 96.6 Å². The van der Waals surface area contributed by atoms with Crippen LogP contribution >= 0.6 is 0 Å². The van der Waals surface area contributed by atoms with E-state index in [-0.39, 0.29) is 5.92 Å². The Morgan fingerprint density at radius 1 is 0.769 bits per heavy atom. The molecule has 0 saturated heterocycles. The molecule has 4 rings (SSSR count). The molecule has 2 heteroatoms. The zero-order valence-corrected chi connectivity index (χ0v) is 24.2. The van der Waals surface area contributed by atoms with Gasteiger partial charge in [0, 0.05) is 0 Å². The van der Waals surface area contributed by atoms with Gasteiger partial charge in [0.05, 0.1) is 5.92 Å². The van der Waals surface area contributed by atoms with E-state index in [2.05, 4.69) is 79.7 Å². The van der Waals surface area contributed by atoms with Gasteiger partial charge in [0.15, 0.2) is 0 Å². The fraction of sp³-hybridized carbons (Fsp3) is 0.486. The highest BCUT2D eigenvalue weighted by Crippen LogP contribution is 2.39. The Kier molecular flexibility index (Phi) is 11.2. The average Bonchev–Trinajstić information content (AvgIpc) is 2.98. The minimum atomic E-state index is -0.668. The van der Waals surface area contributed by atoms with Crippen molar-refractivity contribution in [2.75, 3.05) is 0 Å². The van der Waals surface area contributed by atoms with Crippen LogP contribution in [0.25, 0.3) is 22.3 Å². The molecule has 208 valence electrons. The predicted molar refractivity (Wildman–Crippen MR) is 165 cm³/mol. The van der Waals surface area contributed by atoms with Gasteiger partial charge in [-0.2, -0.15) is 0 Å². The van der Waals surface area contributed by atoms with Gasteiger partial charge in [-0.3, -0.25) is 4.79 Å². The molecule has 1 fully saturated rings. The molecule has 39 heavy (non-hydrogen) atoms. The van der Waals surface area contributed by atoms with Crippen molar-refractivity contribution < 1.29 is 9.90 Å². The number of rotatable bonds is 14. The summed E-state index contributed by atoms with van der Waals surface area (Å²) in [7, 11) is 0. The Bertz CT molecular complexity index is 1140. The van der Waals surface area contributed by atoms with Crippen molar-refractivity contribution in [2.45, 2.75) is 103 Å². The van der Waals surface area contributed by atoms with Crippen LogP contribution < -0.4 is 0 Å². The van der Waals surface area contributed by atoms with Gasteiger partial charge in [-0.1, -0.05) is 119 Å². The zero-order chi connectivity index (χ0) is 27.5. The fourth-order valence-electron chi connectivity index (χ4n) is 6.47. The molecule has 0 bridgehead atoms. The number of unbranched alkanes of at least 4 members (excludes halogenated alkanes) is 3. The summed E-state index contributed by atoms with van der Waals surface area (Å²) < 4.78 is 0. The topological polar surface area (TPSA) is 37.3 Å². The number of hydrogen-bond donors (Lipinski definition) is 1. The Morgan fingerprint density at radius 2 is 1.38 bits per heavy atom. The Hall–Kier alpha value is -2.87. The number of aryl methyl sites for hydroxylation is 1. The Balaban J connectivity index is 1.36. The first-order chi connectivity index (χ1) is 19.1. The van der Waals surface area contributed by atoms with E-state index in [1.165, 1.54) is 91.2 Å². The highest BCUT2D eigenvalue weighted by Gasteiger charge is 2.22. The lowest BCUT2D eigenvalue weighted by Crippen LogP contribution is -2.13. The van der Waals surface area contributed by atoms with Crippen molar-refractivity contribution in [1.82, 2.24) is 0 Å². The van der Waals surface area contributed by atoms with Crippen molar-refractivity contribution in [1.29, 1.82) is 0 Å². The average molecular weight is 525 g/mol. The summed E-state index contributed by atoms with van der Waals surface area (Å²) in [6.45, 7) is 4.25. The van der Waals surface area contributed by atoms with Crippen LogP contribution in [0.15, 0.2) is 72.8 Å². The van der Waals surface area contributed by atoms with Crippen molar-refractivity contribution in [3.05, 3.63) is 83.9 Å². The van der Waals surface area contributed by atoms with E-state index in [1.807, 2.05) is 6.92 Å². The molecule has 0 radical (unpaired) electrons. The molecule has 1 unspecified atom stereocenters. The normalized spacial score (nSPS) is 18.1. The van der Waals surface area contributed by atoms with Gasteiger partial charge in [0.2, 0.25) is 0 Å². The maximum atomic E-state index is 11.3. The van der Waals surface area contributed by atoms with Gasteiger partial charge in [0.25, 0.3) is 0 Å². The number of benzene rings is 3. The van der Waals surface area contributed by atoms with Gasteiger partial charge in [-0.25, -0.2) is 0 Å². The zero-order valence-electron chi connectivity index (χ0n) is 24.2. The summed E-state index contributed by atoms with van der Waals surface area (Å²) in [6, 6.07) is 27.0. The van der Waals surface area contributed by atoms with Crippen LogP contribution in [0.1, 0.15) is 108 Å². The first-order valence-corrected chi connectivity index (χ1v) is 15.6. The van der Waals surface area contributed by atoms with E-state index < -0.39 is 5.97 Å². The molecule has 1 atom stereocenters. The number of carboxylic acid groups (broad SMARTS) is 1. The van der Waals surface area contributed by atoms with Crippen LogP contribution in [0.4, 0.5) is 0 Å². The molecule has 1 aliphatic rings. The lowest BCUT2D eigenvalue weighted by Gasteiger charge is -2.29. The SMILES string of the molecule is CCCCCCC1CCC(c2ccc(-c3ccccc3-c3ccc(CCCC(CC)C(=O)O)cc3)cc2)CC1. The third-order valence-corrected chi connectivity index (χ3v) is 9.06. The second-order valence-corrected chi connectivity index (χ2v) is 11.8. The molecule has 0 aromatic heterocycles. The molecule has 0 aliphatic heterocycles. The quantitative estimate of drug-likeness (QED) is 0.213. The van der Waals surface area contributed by atoms with Gasteiger partial charge in [-0.15, -0.1) is 0 Å². The molecule has 1 saturated carbocycles. The summed E-state index contributed by atoms with van der Waals surface area (Å²) in [5.74, 6) is 0.779. The highest BCUT2D eigenvalue weighted by molar-refractivity contribution is 5.83. The van der Waals surface area contributed by atoms with Crippen LogP contribution in [0.2, 0.25) is 0 Å². The molecule has 0 spiro atoms. The second-order valence-electron chi connectivity index (χ2n) is 11.8. The van der Waals surface area contributed by atoms with Crippen molar-refractivity contribution in [2.24, 2.45) is 11.8 Å². The molecule has 3 aromatic rings. The maximum Gasteiger partial charge on any atom is 0.306 e. The third kappa shape index (κ3) is 8.31. The van der Waals surface area contributed by atoms with E-state index in [0.29, 0.717) is 6.42 Å². The number of aliphatic carboxylic acids is 1. The van der Waals surface area contributed by atoms with Crippen molar-refractivity contribution in [3.63, 3.8) is 0 Å². The first kappa shape index (κ1) is 29.1. The molecule has 1 aliphatic carbocycles. The fourth-order valence-corrected chi connectivity index (χ4v) is 6.47. The van der Waals surface area contributed by atoms with Crippen molar-refractivity contribution in [3.8, 4) is 22.3 Å². The minimum absolute atomic E-state index is 0.224. The van der Waals surface area contributed by atoms with Crippen LogP contribution in [0, 0.1) is 11.8 Å². The largest absolute Gasteiger partial charge is 0.481 e. The molecular formula is C37H48O2. The maximum absolute atomic E-state index is 11.3. The number of hydrogen-bond acceptors (Lipinski definition) is 1.